The first-order chi connectivity index (χ1) is 13.5. The summed E-state index contributed by atoms with van der Waals surface area (Å²) in [6, 6.07) is 11.9. The summed E-state index contributed by atoms with van der Waals surface area (Å²) in [6.45, 7) is 2.41. The predicted molar refractivity (Wildman–Crippen MR) is 110 cm³/mol. The third-order valence-electron chi connectivity index (χ3n) is 4.34. The van der Waals surface area contributed by atoms with Crippen molar-refractivity contribution in [2.75, 3.05) is 0 Å². The van der Waals surface area contributed by atoms with Crippen LogP contribution in [0.4, 0.5) is 5.69 Å². The number of carbonyl (C=O) groups is 1. The molecule has 1 aromatic heterocycles. The maximum atomic E-state index is 12.7. The lowest BCUT2D eigenvalue weighted by Gasteiger charge is -2.02. The quantitative estimate of drug-likeness (QED) is 0.355. The molecule has 0 aliphatic rings. The van der Waals surface area contributed by atoms with E-state index in [9.17, 15) is 14.9 Å². The Kier molecular flexibility index (Phi) is 6.02. The van der Waals surface area contributed by atoms with Crippen molar-refractivity contribution in [3.63, 3.8) is 0 Å². The van der Waals surface area contributed by atoms with E-state index in [4.69, 9.17) is 6.42 Å². The summed E-state index contributed by atoms with van der Waals surface area (Å²) in [5.41, 5.74) is 1.82. The van der Waals surface area contributed by atoms with Crippen LogP contribution in [0.15, 0.2) is 47.5 Å². The van der Waals surface area contributed by atoms with Crippen molar-refractivity contribution in [1.29, 1.82) is 0 Å². The number of unbranched alkanes of at least 4 members (excludes halogenated alkanes) is 1. The number of thiazole rings is 1. The fourth-order valence-corrected chi connectivity index (χ4v) is 4.04. The first kappa shape index (κ1) is 19.5. The van der Waals surface area contributed by atoms with Gasteiger partial charge in [0.25, 0.3) is 11.6 Å². The Morgan fingerprint density at radius 2 is 2.11 bits per heavy atom. The fraction of sp³-hybridized carbons (Fsp3) is 0.238. The van der Waals surface area contributed by atoms with E-state index in [0.29, 0.717) is 4.80 Å². The van der Waals surface area contributed by atoms with Gasteiger partial charge < -0.3 is 4.57 Å². The van der Waals surface area contributed by atoms with Crippen molar-refractivity contribution in [3.8, 4) is 12.3 Å². The summed E-state index contributed by atoms with van der Waals surface area (Å²) in [7, 11) is 0. The summed E-state index contributed by atoms with van der Waals surface area (Å²) in [4.78, 5) is 27.9. The molecule has 6 nitrogen and oxygen atoms in total. The molecule has 0 spiro atoms. The van der Waals surface area contributed by atoms with Crippen LogP contribution >= 0.6 is 11.3 Å². The third kappa shape index (κ3) is 4.02. The van der Waals surface area contributed by atoms with E-state index in [0.717, 1.165) is 29.5 Å². The molecule has 0 atom stereocenters. The van der Waals surface area contributed by atoms with E-state index in [1.54, 1.807) is 10.6 Å². The zero-order chi connectivity index (χ0) is 20.1. The Morgan fingerprint density at radius 3 is 2.82 bits per heavy atom. The van der Waals surface area contributed by atoms with Gasteiger partial charge in [-0.2, -0.15) is 4.99 Å². The second-order valence-electron chi connectivity index (χ2n) is 6.27. The van der Waals surface area contributed by atoms with E-state index in [1.807, 2.05) is 6.07 Å². The number of aryl methyl sites for hydroxylation is 1. The molecule has 0 saturated carbocycles. The molecule has 0 N–H and O–H groups in total. The van der Waals surface area contributed by atoms with Crippen LogP contribution in [0.1, 0.15) is 35.7 Å². The van der Waals surface area contributed by atoms with Crippen LogP contribution in [0, 0.1) is 22.5 Å². The molecule has 0 saturated heterocycles. The number of amides is 1. The van der Waals surface area contributed by atoms with E-state index in [2.05, 4.69) is 30.0 Å². The van der Waals surface area contributed by atoms with Crippen LogP contribution in [0.25, 0.3) is 10.2 Å². The number of carbonyl (C=O) groups excluding carboxylic acids is 1. The Labute approximate surface area is 166 Å². The fourth-order valence-electron chi connectivity index (χ4n) is 2.94. The number of hydrogen-bond acceptors (Lipinski definition) is 4. The normalized spacial score (nSPS) is 11.5. The number of rotatable bonds is 6. The minimum atomic E-state index is -0.657. The highest BCUT2D eigenvalue weighted by Crippen LogP contribution is 2.22. The minimum absolute atomic E-state index is 0.0409. The number of nitro benzene ring substituents is 1. The van der Waals surface area contributed by atoms with Crippen molar-refractivity contribution in [3.05, 3.63) is 68.5 Å². The number of hydrogen-bond donors (Lipinski definition) is 0. The van der Waals surface area contributed by atoms with Gasteiger partial charge >= 0.3 is 0 Å². The molecule has 3 aromatic rings. The SMILES string of the molecule is C#CCn1c(=NC(=O)c2ccccc2[N+](=O)[O-])sc2cc(CCCC)ccc21. The average molecular weight is 393 g/mol. The number of nitro groups is 1. The van der Waals surface area contributed by atoms with Crippen LogP contribution in [-0.4, -0.2) is 15.4 Å². The smallest absolute Gasteiger partial charge is 0.286 e. The van der Waals surface area contributed by atoms with Crippen LogP contribution < -0.4 is 4.80 Å². The van der Waals surface area contributed by atoms with E-state index >= 15 is 0 Å². The van der Waals surface area contributed by atoms with Crippen LogP contribution in [0.5, 0.6) is 0 Å². The molecule has 0 aliphatic heterocycles. The molecule has 0 fully saturated rings. The number of fused-ring (bicyclic) bond motifs is 1. The molecule has 1 amide bonds. The molecule has 0 bridgehead atoms. The molecule has 142 valence electrons. The zero-order valence-electron chi connectivity index (χ0n) is 15.4. The number of terminal acetylenes is 1. The van der Waals surface area contributed by atoms with E-state index < -0.39 is 10.8 Å². The standard InChI is InChI=1S/C21H19N3O3S/c1-3-5-8-15-11-12-18-19(14-15)28-21(23(18)13-4-2)22-20(25)16-9-6-7-10-17(16)24(26)27/h2,6-7,9-12,14H,3,5,8,13H2,1H3. The highest BCUT2D eigenvalue weighted by Gasteiger charge is 2.19. The Bertz CT molecular complexity index is 1150. The number of nitrogens with zero attached hydrogens (tertiary/aromatic N) is 3. The first-order valence-corrected chi connectivity index (χ1v) is 9.75. The monoisotopic (exact) mass is 393 g/mol. The highest BCUT2D eigenvalue weighted by molar-refractivity contribution is 7.16. The Hall–Kier alpha value is -3.24. The van der Waals surface area contributed by atoms with Gasteiger partial charge in [-0.15, -0.1) is 6.42 Å². The molecule has 0 unspecified atom stereocenters. The number of para-hydroxylation sites is 1. The van der Waals surface area contributed by atoms with E-state index in [-0.39, 0.29) is 17.8 Å². The number of benzene rings is 2. The van der Waals surface area contributed by atoms with Gasteiger partial charge in [0.2, 0.25) is 0 Å². The number of aromatic nitrogens is 1. The topological polar surface area (TPSA) is 77.5 Å². The summed E-state index contributed by atoms with van der Waals surface area (Å²) in [5.74, 6) is 1.93. The molecule has 3 rings (SSSR count). The van der Waals surface area contributed by atoms with Crippen molar-refractivity contribution < 1.29 is 9.72 Å². The largest absolute Gasteiger partial charge is 0.305 e. The first-order valence-electron chi connectivity index (χ1n) is 8.93. The van der Waals surface area contributed by atoms with Crippen molar-refractivity contribution in [1.82, 2.24) is 4.57 Å². The second kappa shape index (κ2) is 8.63. The van der Waals surface area contributed by atoms with Gasteiger partial charge in [0, 0.05) is 6.07 Å². The van der Waals surface area contributed by atoms with Crippen molar-refractivity contribution in [2.24, 2.45) is 4.99 Å². The molecular weight excluding hydrogens is 374 g/mol. The van der Waals surface area contributed by atoms with Crippen LogP contribution in [-0.2, 0) is 13.0 Å². The Morgan fingerprint density at radius 1 is 1.32 bits per heavy atom. The molecule has 0 aliphatic carbocycles. The van der Waals surface area contributed by atoms with Gasteiger partial charge in [-0.05, 0) is 36.6 Å². The average Bonchev–Trinajstić information content (AvgIpc) is 3.03. The molecular formula is C21H19N3O3S. The van der Waals surface area contributed by atoms with Crippen LogP contribution in [0.2, 0.25) is 0 Å². The third-order valence-corrected chi connectivity index (χ3v) is 5.39. The van der Waals surface area contributed by atoms with Crippen molar-refractivity contribution in [2.45, 2.75) is 32.7 Å². The van der Waals surface area contributed by atoms with Gasteiger partial charge in [0.05, 0.1) is 21.7 Å². The lowest BCUT2D eigenvalue weighted by Crippen LogP contribution is -2.16. The van der Waals surface area contributed by atoms with Gasteiger partial charge in [0.1, 0.15) is 5.56 Å². The molecule has 28 heavy (non-hydrogen) atoms. The second-order valence-corrected chi connectivity index (χ2v) is 7.28. The van der Waals surface area contributed by atoms with Gasteiger partial charge in [-0.3, -0.25) is 14.9 Å². The highest BCUT2D eigenvalue weighted by atomic mass is 32.1. The summed E-state index contributed by atoms with van der Waals surface area (Å²) < 4.78 is 2.77. The summed E-state index contributed by atoms with van der Waals surface area (Å²) in [5, 5.41) is 11.2. The molecule has 7 heteroatoms. The summed E-state index contributed by atoms with van der Waals surface area (Å²) in [6.07, 6.45) is 8.71. The van der Waals surface area contributed by atoms with Crippen LogP contribution in [0.3, 0.4) is 0 Å². The van der Waals surface area contributed by atoms with Gasteiger partial charge in [-0.25, -0.2) is 0 Å². The van der Waals surface area contributed by atoms with Gasteiger partial charge in [0.15, 0.2) is 4.80 Å². The maximum Gasteiger partial charge on any atom is 0.286 e. The van der Waals surface area contributed by atoms with E-state index in [1.165, 1.54) is 35.1 Å². The lowest BCUT2D eigenvalue weighted by atomic mass is 10.1. The Balaban J connectivity index is 2.11. The molecule has 2 aromatic carbocycles. The zero-order valence-corrected chi connectivity index (χ0v) is 16.2. The van der Waals surface area contributed by atoms with Crippen molar-refractivity contribution >= 4 is 33.1 Å². The maximum absolute atomic E-state index is 12.7. The van der Waals surface area contributed by atoms with Gasteiger partial charge in [-0.1, -0.05) is 48.8 Å². The lowest BCUT2D eigenvalue weighted by molar-refractivity contribution is -0.385. The molecule has 0 radical (unpaired) electrons. The molecule has 1 heterocycles. The summed E-state index contributed by atoms with van der Waals surface area (Å²) >= 11 is 1.36. The minimum Gasteiger partial charge on any atom is -0.305 e. The predicted octanol–water partition coefficient (Wildman–Crippen LogP) is 4.33.